The van der Waals surface area contributed by atoms with Gasteiger partial charge in [0.15, 0.2) is 11.5 Å². The fourth-order valence-electron chi connectivity index (χ4n) is 4.85. The zero-order valence-electron chi connectivity index (χ0n) is 24.8. The van der Waals surface area contributed by atoms with E-state index < -0.39 is 6.04 Å². The van der Waals surface area contributed by atoms with Gasteiger partial charge in [-0.25, -0.2) is 9.97 Å². The summed E-state index contributed by atoms with van der Waals surface area (Å²) in [5.74, 6) is 2.74. The molecule has 3 aromatic rings. The molecule has 2 aromatic heterocycles. The number of carbonyl (C=O) groups is 2. The van der Waals surface area contributed by atoms with Gasteiger partial charge >= 0.3 is 0 Å². The summed E-state index contributed by atoms with van der Waals surface area (Å²) in [4.78, 5) is 44.3. The number of hydrogen-bond donors (Lipinski definition) is 1. The molecule has 0 aliphatic carbocycles. The molecule has 3 heterocycles. The number of rotatable bonds is 11. The van der Waals surface area contributed by atoms with Crippen LogP contribution in [-0.4, -0.2) is 82.7 Å². The van der Waals surface area contributed by atoms with E-state index in [1.807, 2.05) is 38.1 Å². The van der Waals surface area contributed by atoms with Crippen LogP contribution in [0.3, 0.4) is 0 Å². The van der Waals surface area contributed by atoms with Gasteiger partial charge in [-0.1, -0.05) is 33.8 Å². The highest BCUT2D eigenvalue weighted by Crippen LogP contribution is 2.28. The monoisotopic (exact) mass is 563 g/mol. The minimum Gasteiger partial charge on any atom is -0.493 e. The maximum Gasteiger partial charge on any atom is 0.244 e. The van der Waals surface area contributed by atoms with Gasteiger partial charge in [-0.05, 0) is 36.0 Å². The minimum atomic E-state index is -0.644. The number of methoxy groups -OCH3 is 2. The number of piperazine rings is 1. The molecule has 11 heteroatoms. The Morgan fingerprint density at radius 1 is 1.05 bits per heavy atom. The number of benzene rings is 1. The van der Waals surface area contributed by atoms with Crippen molar-refractivity contribution in [2.45, 2.75) is 52.5 Å². The summed E-state index contributed by atoms with van der Waals surface area (Å²) in [6.45, 7) is 9.95. The SMILES string of the molecule is COc1ccc(CCNC(=O)C2CN(c3cc(C(C)C)nc(-n4ccnc4)n3)CCN2C(=O)CC(C)C)cc1OC. The van der Waals surface area contributed by atoms with Crippen LogP contribution in [0.1, 0.15) is 51.3 Å². The summed E-state index contributed by atoms with van der Waals surface area (Å²) < 4.78 is 12.5. The number of nitrogens with one attached hydrogen (secondary N) is 1. The number of nitrogens with zero attached hydrogens (tertiary/aromatic N) is 6. The first-order valence-electron chi connectivity index (χ1n) is 14.1. The zero-order chi connectivity index (χ0) is 29.5. The maximum absolute atomic E-state index is 13.6. The van der Waals surface area contributed by atoms with Gasteiger partial charge in [0.2, 0.25) is 17.8 Å². The summed E-state index contributed by atoms with van der Waals surface area (Å²) in [5.41, 5.74) is 1.91. The third-order valence-corrected chi connectivity index (χ3v) is 7.12. The number of amides is 2. The number of carbonyl (C=O) groups excluding carboxylic acids is 2. The van der Waals surface area contributed by atoms with Crippen LogP contribution in [0.5, 0.6) is 11.5 Å². The van der Waals surface area contributed by atoms with Gasteiger partial charge in [0, 0.05) is 51.1 Å². The van der Waals surface area contributed by atoms with E-state index >= 15 is 0 Å². The van der Waals surface area contributed by atoms with Crippen LogP contribution in [0.2, 0.25) is 0 Å². The Balaban J connectivity index is 1.53. The molecule has 1 fully saturated rings. The van der Waals surface area contributed by atoms with Gasteiger partial charge in [0.25, 0.3) is 0 Å². The molecule has 2 amide bonds. The number of aromatic nitrogens is 4. The molecule has 1 aliphatic rings. The van der Waals surface area contributed by atoms with Crippen molar-refractivity contribution in [2.24, 2.45) is 5.92 Å². The van der Waals surface area contributed by atoms with Gasteiger partial charge in [0.05, 0.1) is 19.9 Å². The molecule has 0 radical (unpaired) electrons. The van der Waals surface area contributed by atoms with Crippen LogP contribution < -0.4 is 19.7 Å². The van der Waals surface area contributed by atoms with Crippen LogP contribution in [0.4, 0.5) is 5.82 Å². The molecule has 11 nitrogen and oxygen atoms in total. The first kappa shape index (κ1) is 29.8. The van der Waals surface area contributed by atoms with Crippen molar-refractivity contribution in [3.05, 3.63) is 54.2 Å². The van der Waals surface area contributed by atoms with E-state index in [1.54, 1.807) is 42.4 Å². The fraction of sp³-hybridized carbons (Fsp3) is 0.500. The first-order valence-corrected chi connectivity index (χ1v) is 14.1. The lowest BCUT2D eigenvalue weighted by Crippen LogP contribution is -2.61. The van der Waals surface area contributed by atoms with Crippen LogP contribution in [0.15, 0.2) is 43.0 Å². The van der Waals surface area contributed by atoms with E-state index in [-0.39, 0.29) is 23.7 Å². The first-order chi connectivity index (χ1) is 19.7. The average molecular weight is 564 g/mol. The number of hydrogen-bond acceptors (Lipinski definition) is 8. The molecule has 4 rings (SSSR count). The molecule has 1 unspecified atom stereocenters. The largest absolute Gasteiger partial charge is 0.493 e. The molecule has 1 atom stereocenters. The third-order valence-electron chi connectivity index (χ3n) is 7.12. The molecule has 220 valence electrons. The lowest BCUT2D eigenvalue weighted by atomic mass is 10.1. The average Bonchev–Trinajstić information content (AvgIpc) is 3.51. The molecule has 41 heavy (non-hydrogen) atoms. The Morgan fingerprint density at radius 2 is 1.83 bits per heavy atom. The Bertz CT molecular complexity index is 1330. The summed E-state index contributed by atoms with van der Waals surface area (Å²) in [5, 5.41) is 3.06. The third kappa shape index (κ3) is 7.33. The van der Waals surface area contributed by atoms with Crippen LogP contribution in [0.25, 0.3) is 5.95 Å². The molecule has 0 saturated carbocycles. The summed E-state index contributed by atoms with van der Waals surface area (Å²) >= 11 is 0. The number of anilines is 1. The topological polar surface area (TPSA) is 115 Å². The van der Waals surface area contributed by atoms with E-state index in [9.17, 15) is 9.59 Å². The van der Waals surface area contributed by atoms with E-state index in [4.69, 9.17) is 19.4 Å². The van der Waals surface area contributed by atoms with Crippen molar-refractivity contribution in [2.75, 3.05) is 45.3 Å². The summed E-state index contributed by atoms with van der Waals surface area (Å²) in [6, 6.07) is 7.04. The van der Waals surface area contributed by atoms with Gasteiger partial charge < -0.3 is 24.6 Å². The predicted octanol–water partition coefficient (Wildman–Crippen LogP) is 3.23. The number of imidazole rings is 1. The van der Waals surface area contributed by atoms with Gasteiger partial charge in [0.1, 0.15) is 18.2 Å². The van der Waals surface area contributed by atoms with Gasteiger partial charge in [-0.15, -0.1) is 0 Å². The molecule has 1 aromatic carbocycles. The molecule has 0 bridgehead atoms. The van der Waals surface area contributed by atoms with Crippen LogP contribution >= 0.6 is 0 Å². The van der Waals surface area contributed by atoms with Crippen molar-refractivity contribution in [1.82, 2.24) is 29.7 Å². The quantitative estimate of drug-likeness (QED) is 0.378. The Kier molecular flexibility index (Phi) is 9.80. The van der Waals surface area contributed by atoms with Crippen molar-refractivity contribution >= 4 is 17.6 Å². The molecular weight excluding hydrogens is 522 g/mol. The highest BCUT2D eigenvalue weighted by atomic mass is 16.5. The lowest BCUT2D eigenvalue weighted by molar-refractivity contribution is -0.141. The predicted molar refractivity (Wildman–Crippen MR) is 157 cm³/mol. The van der Waals surface area contributed by atoms with Crippen molar-refractivity contribution in [3.63, 3.8) is 0 Å². The van der Waals surface area contributed by atoms with E-state index in [1.165, 1.54) is 0 Å². The minimum absolute atomic E-state index is 0.00986. The summed E-state index contributed by atoms with van der Waals surface area (Å²) in [7, 11) is 3.20. The molecular formula is C30H41N7O4. The molecule has 0 spiro atoms. The Morgan fingerprint density at radius 3 is 2.49 bits per heavy atom. The Hall–Kier alpha value is -4.15. The van der Waals surface area contributed by atoms with E-state index in [0.29, 0.717) is 56.5 Å². The summed E-state index contributed by atoms with van der Waals surface area (Å²) in [6.07, 6.45) is 6.17. The second kappa shape index (κ2) is 13.5. The van der Waals surface area contributed by atoms with Gasteiger partial charge in [-0.2, -0.15) is 4.98 Å². The smallest absolute Gasteiger partial charge is 0.244 e. The van der Waals surface area contributed by atoms with Crippen molar-refractivity contribution in [3.8, 4) is 17.4 Å². The number of ether oxygens (including phenoxy) is 2. The fourth-order valence-corrected chi connectivity index (χ4v) is 4.85. The van der Waals surface area contributed by atoms with Crippen LogP contribution in [0, 0.1) is 5.92 Å². The highest BCUT2D eigenvalue weighted by Gasteiger charge is 2.36. The maximum atomic E-state index is 13.6. The standard InChI is InChI=1S/C30H41N7O4/c1-20(2)15-28(38)37-14-13-35(27-17-23(21(3)4)33-30(34-27)36-12-11-31-19-36)18-24(37)29(39)32-10-9-22-7-8-25(40-5)26(16-22)41-6/h7-8,11-12,16-17,19-21,24H,9-10,13-15,18H2,1-6H3,(H,32,39). The Labute approximate surface area is 241 Å². The van der Waals surface area contributed by atoms with Gasteiger partial charge in [-0.3, -0.25) is 14.2 Å². The second-order valence-electron chi connectivity index (χ2n) is 11.0. The van der Waals surface area contributed by atoms with Crippen molar-refractivity contribution in [1.29, 1.82) is 0 Å². The molecule has 1 saturated heterocycles. The lowest BCUT2D eigenvalue weighted by Gasteiger charge is -2.41. The van der Waals surface area contributed by atoms with E-state index in [0.717, 1.165) is 17.1 Å². The molecule has 1 N–H and O–H groups in total. The second-order valence-corrected chi connectivity index (χ2v) is 11.0. The highest BCUT2D eigenvalue weighted by molar-refractivity contribution is 5.88. The molecule has 1 aliphatic heterocycles. The van der Waals surface area contributed by atoms with Crippen molar-refractivity contribution < 1.29 is 19.1 Å². The van der Waals surface area contributed by atoms with E-state index in [2.05, 4.69) is 29.0 Å². The zero-order valence-corrected chi connectivity index (χ0v) is 24.8. The normalized spacial score (nSPS) is 15.4. The van der Waals surface area contributed by atoms with Crippen LogP contribution in [-0.2, 0) is 16.0 Å².